The van der Waals surface area contributed by atoms with Gasteiger partial charge in [0.05, 0.1) is 6.61 Å². The van der Waals surface area contributed by atoms with E-state index in [1.165, 1.54) is 7.05 Å². The molecule has 0 fully saturated rings. The zero-order chi connectivity index (χ0) is 5.70. The Morgan fingerprint density at radius 1 is 1.86 bits per heavy atom. The van der Waals surface area contributed by atoms with Crippen LogP contribution in [0.15, 0.2) is 0 Å². The molecular weight excluding hydrogens is 96.0 g/mol. The second-order valence-corrected chi connectivity index (χ2v) is 1.22. The monoisotopic (exact) mass is 105 g/mol. The molecule has 0 aromatic carbocycles. The maximum Gasteiger partial charge on any atom is 0.0796 e. The summed E-state index contributed by atoms with van der Waals surface area (Å²) in [6, 6.07) is 0. The van der Waals surface area contributed by atoms with Crippen LogP contribution >= 0.6 is 0 Å². The lowest BCUT2D eigenvalue weighted by molar-refractivity contribution is 0.124. The summed E-state index contributed by atoms with van der Waals surface area (Å²) in [5.41, 5.74) is 0. The van der Waals surface area contributed by atoms with E-state index in [1.54, 1.807) is 0 Å². The third-order valence-corrected chi connectivity index (χ3v) is 0.524. The van der Waals surface area contributed by atoms with Gasteiger partial charge in [0.2, 0.25) is 0 Å². The van der Waals surface area contributed by atoms with Crippen molar-refractivity contribution in [1.82, 2.24) is 5.06 Å². The Labute approximate surface area is 42.4 Å². The predicted octanol–water partition coefficient (Wildman–Crippen LogP) is -0.694. The first-order valence-electron chi connectivity index (χ1n) is 1.97. The minimum Gasteiger partial charge on any atom is -0.785 e. The molecule has 7 heavy (non-hydrogen) atoms. The van der Waals surface area contributed by atoms with Crippen LogP contribution in [0.3, 0.4) is 0 Å². The normalized spacial score (nSPS) is 10.3. The fraction of sp³-hybridized carbons (Fsp3) is 1.00. The van der Waals surface area contributed by atoms with E-state index in [9.17, 15) is 5.21 Å². The molecule has 2 N–H and O–H groups in total. The molecule has 0 spiro atoms. The van der Waals surface area contributed by atoms with Crippen LogP contribution < -0.4 is 5.90 Å². The topological polar surface area (TPSA) is 61.5 Å². The summed E-state index contributed by atoms with van der Waals surface area (Å²) in [5, 5.41) is 10.7. The predicted molar refractivity (Wildman–Crippen MR) is 26.1 cm³/mol. The van der Waals surface area contributed by atoms with Gasteiger partial charge in [-0.05, 0) is 7.05 Å². The van der Waals surface area contributed by atoms with Gasteiger partial charge in [-0.3, -0.25) is 0 Å². The van der Waals surface area contributed by atoms with E-state index in [2.05, 4.69) is 10.7 Å². The third-order valence-electron chi connectivity index (χ3n) is 0.524. The fourth-order valence-corrected chi connectivity index (χ4v) is 0.181. The number of hydrogen-bond donors (Lipinski definition) is 1. The third kappa shape index (κ3) is 5.84. The number of hydrogen-bond acceptors (Lipinski definition) is 4. The van der Waals surface area contributed by atoms with E-state index in [0.717, 1.165) is 5.06 Å². The first-order valence-corrected chi connectivity index (χ1v) is 1.97. The van der Waals surface area contributed by atoms with Crippen molar-refractivity contribution in [1.29, 1.82) is 0 Å². The molecule has 0 aromatic heterocycles. The van der Waals surface area contributed by atoms with E-state index in [4.69, 9.17) is 0 Å². The van der Waals surface area contributed by atoms with Gasteiger partial charge in [-0.25, -0.2) is 5.90 Å². The molecule has 0 atom stereocenters. The van der Waals surface area contributed by atoms with Crippen molar-refractivity contribution in [2.24, 2.45) is 5.90 Å². The van der Waals surface area contributed by atoms with Crippen LogP contribution in [0.4, 0.5) is 0 Å². The van der Waals surface area contributed by atoms with E-state index in [1.807, 2.05) is 0 Å². The van der Waals surface area contributed by atoms with Gasteiger partial charge in [0.1, 0.15) is 0 Å². The van der Waals surface area contributed by atoms with Crippen LogP contribution in [-0.2, 0) is 4.84 Å². The Morgan fingerprint density at radius 3 is 2.57 bits per heavy atom. The average Bonchev–Trinajstić information content (AvgIpc) is 1.61. The van der Waals surface area contributed by atoms with Gasteiger partial charge < -0.3 is 15.1 Å². The number of likely N-dealkylation sites (N-methyl/N-ethyl adjacent to an activating group) is 1. The van der Waals surface area contributed by atoms with Gasteiger partial charge in [0, 0.05) is 6.54 Å². The lowest BCUT2D eigenvalue weighted by Crippen LogP contribution is -2.17. The second kappa shape index (κ2) is 4.01. The Kier molecular flexibility index (Phi) is 3.92. The van der Waals surface area contributed by atoms with Crippen LogP contribution in [0.25, 0.3) is 0 Å². The maximum absolute atomic E-state index is 9.98. The van der Waals surface area contributed by atoms with Crippen molar-refractivity contribution >= 4 is 0 Å². The zero-order valence-corrected chi connectivity index (χ0v) is 4.26. The van der Waals surface area contributed by atoms with Crippen LogP contribution in [-0.4, -0.2) is 25.3 Å². The molecule has 0 aliphatic carbocycles. The molecule has 0 aromatic rings. The van der Waals surface area contributed by atoms with Gasteiger partial charge in [-0.2, -0.15) is 0 Å². The molecule has 0 saturated carbocycles. The smallest absolute Gasteiger partial charge is 0.0796 e. The molecule has 0 aliphatic heterocycles. The lowest BCUT2D eigenvalue weighted by atomic mass is 10.7. The number of rotatable bonds is 3. The molecule has 4 heteroatoms. The molecule has 0 radical (unpaired) electrons. The molecule has 4 nitrogen and oxygen atoms in total. The van der Waals surface area contributed by atoms with E-state index in [-0.39, 0.29) is 0 Å². The highest BCUT2D eigenvalue weighted by Crippen LogP contribution is 1.72. The Balaban J connectivity index is 2.68. The quantitative estimate of drug-likeness (QED) is 0.482. The van der Waals surface area contributed by atoms with Crippen molar-refractivity contribution in [3.05, 3.63) is 5.21 Å². The highest BCUT2D eigenvalue weighted by atomic mass is 16.6. The molecule has 0 aliphatic rings. The number of nitrogens with zero attached hydrogens (tertiary/aromatic N) is 1. The standard InChI is InChI=1S/C3H9N2O2/c1-5(6)2-3-7-4/h2-4H2,1H3/q-1. The minimum atomic E-state index is 0.292. The van der Waals surface area contributed by atoms with Crippen molar-refractivity contribution in [3.8, 4) is 0 Å². The van der Waals surface area contributed by atoms with Crippen LogP contribution in [0.1, 0.15) is 0 Å². The average molecular weight is 105 g/mol. The molecule has 0 rings (SSSR count). The lowest BCUT2D eigenvalue weighted by Gasteiger charge is -2.19. The van der Waals surface area contributed by atoms with Crippen molar-refractivity contribution in [2.75, 3.05) is 20.2 Å². The van der Waals surface area contributed by atoms with Crippen LogP contribution in [0.5, 0.6) is 0 Å². The first-order chi connectivity index (χ1) is 3.27. The largest absolute Gasteiger partial charge is 0.785 e. The molecule has 44 valence electrons. The summed E-state index contributed by atoms with van der Waals surface area (Å²) < 4.78 is 0. The van der Waals surface area contributed by atoms with Crippen molar-refractivity contribution in [2.45, 2.75) is 0 Å². The molecule has 0 saturated heterocycles. The van der Waals surface area contributed by atoms with Gasteiger partial charge >= 0.3 is 0 Å². The van der Waals surface area contributed by atoms with E-state index < -0.39 is 0 Å². The van der Waals surface area contributed by atoms with Crippen molar-refractivity contribution < 1.29 is 4.84 Å². The van der Waals surface area contributed by atoms with Gasteiger partial charge in [0.15, 0.2) is 0 Å². The molecular formula is C3H9N2O2-. The Hall–Kier alpha value is -0.160. The summed E-state index contributed by atoms with van der Waals surface area (Å²) in [4.78, 5) is 4.11. The Morgan fingerprint density at radius 2 is 2.43 bits per heavy atom. The summed E-state index contributed by atoms with van der Waals surface area (Å²) in [7, 11) is 1.42. The van der Waals surface area contributed by atoms with Crippen molar-refractivity contribution in [3.63, 3.8) is 0 Å². The van der Waals surface area contributed by atoms with Gasteiger partial charge in [-0.1, -0.05) is 0 Å². The molecule has 0 bridgehead atoms. The molecule has 0 unspecified atom stereocenters. The summed E-state index contributed by atoms with van der Waals surface area (Å²) in [5.74, 6) is 4.61. The maximum atomic E-state index is 9.98. The van der Waals surface area contributed by atoms with Gasteiger partial charge in [-0.15, -0.1) is 0 Å². The fourth-order valence-electron chi connectivity index (χ4n) is 0.181. The van der Waals surface area contributed by atoms with Crippen LogP contribution in [0, 0.1) is 5.21 Å². The second-order valence-electron chi connectivity index (χ2n) is 1.22. The Bertz CT molecular complexity index is 39.9. The summed E-state index contributed by atoms with van der Waals surface area (Å²) in [6.07, 6.45) is 0. The SMILES string of the molecule is CN([O-])CCON. The zero-order valence-electron chi connectivity index (χ0n) is 4.26. The summed E-state index contributed by atoms with van der Waals surface area (Å²) in [6.45, 7) is 0.622. The molecule has 0 amide bonds. The van der Waals surface area contributed by atoms with Gasteiger partial charge in [0.25, 0.3) is 0 Å². The number of hydroxylamine groups is 2. The number of nitrogens with two attached hydrogens (primary N) is 1. The highest BCUT2D eigenvalue weighted by molar-refractivity contribution is 4.44. The summed E-state index contributed by atoms with van der Waals surface area (Å²) >= 11 is 0. The van der Waals surface area contributed by atoms with E-state index >= 15 is 0 Å². The van der Waals surface area contributed by atoms with E-state index in [0.29, 0.717) is 13.2 Å². The van der Waals surface area contributed by atoms with Crippen LogP contribution in [0.2, 0.25) is 0 Å². The minimum absolute atomic E-state index is 0.292. The molecule has 0 heterocycles. The first kappa shape index (κ1) is 6.84. The highest BCUT2D eigenvalue weighted by Gasteiger charge is 1.78.